The van der Waals surface area contributed by atoms with Gasteiger partial charge in [0.05, 0.1) is 13.7 Å². The van der Waals surface area contributed by atoms with E-state index in [-0.39, 0.29) is 11.1 Å². The van der Waals surface area contributed by atoms with Crippen LogP contribution in [0.1, 0.15) is 15.9 Å². The normalized spacial score (nSPS) is 11.6. The van der Waals surface area contributed by atoms with Crippen LogP contribution in [-0.4, -0.2) is 13.0 Å². The number of carbonyl (C=O) groups excluding carboxylic acids is 1. The van der Waals surface area contributed by atoms with Gasteiger partial charge in [0.1, 0.15) is 5.56 Å². The van der Waals surface area contributed by atoms with Crippen molar-refractivity contribution in [3.05, 3.63) is 71.3 Å². The van der Waals surface area contributed by atoms with Gasteiger partial charge in [0.15, 0.2) is 11.3 Å². The number of carbonyl (C=O) groups is 1. The Morgan fingerprint density at radius 3 is 2.65 bits per heavy atom. The first-order chi connectivity index (χ1) is 11.2. The molecule has 2 N–H and O–H groups in total. The smallest absolute Gasteiger partial charge is 0.254 e. The molecule has 0 saturated heterocycles. The van der Waals surface area contributed by atoms with Crippen molar-refractivity contribution in [2.24, 2.45) is 10.7 Å². The molecule has 0 aliphatic heterocycles. The lowest BCUT2D eigenvalue weighted by Crippen LogP contribution is -2.22. The van der Waals surface area contributed by atoms with Crippen LogP contribution in [0.4, 0.5) is 0 Å². The zero-order chi connectivity index (χ0) is 16.2. The molecule has 0 aliphatic carbocycles. The number of fused-ring (bicyclic) bond motifs is 1. The van der Waals surface area contributed by atoms with Crippen LogP contribution in [0.25, 0.3) is 11.0 Å². The van der Waals surface area contributed by atoms with Crippen molar-refractivity contribution in [1.29, 1.82) is 0 Å². The molecule has 5 nitrogen and oxygen atoms in total. The van der Waals surface area contributed by atoms with E-state index in [9.17, 15) is 4.79 Å². The Bertz CT molecular complexity index is 914. The minimum atomic E-state index is -0.578. The third kappa shape index (κ3) is 3.08. The third-order valence-electron chi connectivity index (χ3n) is 3.47. The predicted octanol–water partition coefficient (Wildman–Crippen LogP) is 2.64. The Kier molecular flexibility index (Phi) is 4.10. The highest BCUT2D eigenvalue weighted by Crippen LogP contribution is 2.24. The number of primary amides is 1. The summed E-state index contributed by atoms with van der Waals surface area (Å²) in [6.45, 7) is 0.394. The summed E-state index contributed by atoms with van der Waals surface area (Å²) >= 11 is 0. The van der Waals surface area contributed by atoms with Gasteiger partial charge in [-0.25, -0.2) is 4.99 Å². The average Bonchev–Trinajstić information content (AvgIpc) is 2.59. The predicted molar refractivity (Wildman–Crippen MR) is 87.0 cm³/mol. The van der Waals surface area contributed by atoms with Crippen molar-refractivity contribution in [3.8, 4) is 5.75 Å². The molecule has 1 amide bonds. The Morgan fingerprint density at radius 2 is 1.96 bits per heavy atom. The SMILES string of the molecule is COc1cccc2cc(C(N)=O)c(=NCc3ccccc3)oc12. The monoisotopic (exact) mass is 308 g/mol. The number of methoxy groups -OCH3 is 1. The fourth-order valence-corrected chi connectivity index (χ4v) is 2.33. The summed E-state index contributed by atoms with van der Waals surface area (Å²) in [6.07, 6.45) is 0. The zero-order valence-electron chi connectivity index (χ0n) is 12.7. The van der Waals surface area contributed by atoms with Crippen LogP contribution < -0.4 is 16.0 Å². The van der Waals surface area contributed by atoms with E-state index in [0.717, 1.165) is 10.9 Å². The quantitative estimate of drug-likeness (QED) is 0.805. The van der Waals surface area contributed by atoms with E-state index in [4.69, 9.17) is 14.9 Å². The summed E-state index contributed by atoms with van der Waals surface area (Å²) in [7, 11) is 1.56. The third-order valence-corrected chi connectivity index (χ3v) is 3.47. The van der Waals surface area contributed by atoms with Gasteiger partial charge in [-0.05, 0) is 17.7 Å². The minimum absolute atomic E-state index is 0.207. The van der Waals surface area contributed by atoms with Crippen molar-refractivity contribution in [3.63, 3.8) is 0 Å². The molecule has 0 aliphatic rings. The second-order valence-corrected chi connectivity index (χ2v) is 5.01. The number of ether oxygens (including phenoxy) is 1. The van der Waals surface area contributed by atoms with Crippen molar-refractivity contribution >= 4 is 16.9 Å². The minimum Gasteiger partial charge on any atom is -0.493 e. The van der Waals surface area contributed by atoms with Crippen molar-refractivity contribution in [1.82, 2.24) is 0 Å². The van der Waals surface area contributed by atoms with E-state index in [0.29, 0.717) is 17.9 Å². The molecule has 1 aromatic heterocycles. The maximum absolute atomic E-state index is 11.7. The Balaban J connectivity index is 2.17. The van der Waals surface area contributed by atoms with Crippen LogP contribution in [0.15, 0.2) is 64.0 Å². The van der Waals surface area contributed by atoms with E-state index >= 15 is 0 Å². The fourth-order valence-electron chi connectivity index (χ4n) is 2.33. The molecule has 0 radical (unpaired) electrons. The topological polar surface area (TPSA) is 77.8 Å². The van der Waals surface area contributed by atoms with Crippen molar-refractivity contribution in [2.75, 3.05) is 7.11 Å². The number of hydrogen-bond donors (Lipinski definition) is 1. The van der Waals surface area contributed by atoms with Crippen LogP contribution in [0, 0.1) is 0 Å². The second kappa shape index (κ2) is 6.36. The van der Waals surface area contributed by atoms with Crippen LogP contribution >= 0.6 is 0 Å². The molecule has 0 spiro atoms. The first-order valence-electron chi connectivity index (χ1n) is 7.14. The van der Waals surface area contributed by atoms with Crippen LogP contribution in [0.3, 0.4) is 0 Å². The number of rotatable bonds is 4. The van der Waals surface area contributed by atoms with E-state index in [1.807, 2.05) is 42.5 Å². The number of amides is 1. The first-order valence-corrected chi connectivity index (χ1v) is 7.14. The summed E-state index contributed by atoms with van der Waals surface area (Å²) in [5, 5.41) is 0.733. The highest BCUT2D eigenvalue weighted by molar-refractivity contribution is 5.96. The van der Waals surface area contributed by atoms with Crippen LogP contribution in [-0.2, 0) is 6.54 Å². The molecule has 3 aromatic rings. The van der Waals surface area contributed by atoms with Gasteiger partial charge in [0, 0.05) is 5.39 Å². The molecule has 3 rings (SSSR count). The lowest BCUT2D eigenvalue weighted by Gasteiger charge is -2.06. The van der Waals surface area contributed by atoms with Gasteiger partial charge in [-0.15, -0.1) is 0 Å². The molecule has 0 bridgehead atoms. The van der Waals surface area contributed by atoms with E-state index in [1.165, 1.54) is 0 Å². The van der Waals surface area contributed by atoms with Gasteiger partial charge in [-0.1, -0.05) is 42.5 Å². The summed E-state index contributed by atoms with van der Waals surface area (Å²) in [6, 6.07) is 16.8. The average molecular weight is 308 g/mol. The highest BCUT2D eigenvalue weighted by Gasteiger charge is 2.11. The fraction of sp³-hybridized carbons (Fsp3) is 0.111. The number of benzene rings is 2. The lowest BCUT2D eigenvalue weighted by atomic mass is 10.1. The standard InChI is InChI=1S/C18H16N2O3/c1-22-15-9-5-8-13-10-14(17(19)21)18(23-16(13)15)20-11-12-6-3-2-4-7-12/h2-10H,11H2,1H3,(H2,19,21). The maximum atomic E-state index is 11.7. The highest BCUT2D eigenvalue weighted by atomic mass is 16.5. The van der Waals surface area contributed by atoms with E-state index < -0.39 is 5.91 Å². The van der Waals surface area contributed by atoms with E-state index in [1.54, 1.807) is 19.2 Å². The van der Waals surface area contributed by atoms with Gasteiger partial charge in [0.25, 0.3) is 5.91 Å². The molecule has 0 atom stereocenters. The van der Waals surface area contributed by atoms with Gasteiger partial charge in [-0.2, -0.15) is 0 Å². The number of para-hydroxylation sites is 1. The molecule has 5 heteroatoms. The van der Waals surface area contributed by atoms with Crippen LogP contribution in [0.5, 0.6) is 5.75 Å². The Morgan fingerprint density at radius 1 is 1.17 bits per heavy atom. The first kappa shape index (κ1) is 14.8. The number of nitrogens with two attached hydrogens (primary N) is 1. The molecule has 116 valence electrons. The molecule has 0 saturated carbocycles. The summed E-state index contributed by atoms with van der Waals surface area (Å²) in [5.74, 6) is -0.0000342. The van der Waals surface area contributed by atoms with Crippen molar-refractivity contribution in [2.45, 2.75) is 6.54 Å². The molecule has 1 heterocycles. The largest absolute Gasteiger partial charge is 0.493 e. The van der Waals surface area contributed by atoms with Crippen LogP contribution in [0.2, 0.25) is 0 Å². The number of nitrogens with zero attached hydrogens (tertiary/aromatic N) is 1. The van der Waals surface area contributed by atoms with Gasteiger partial charge in [-0.3, -0.25) is 4.79 Å². The molecule has 2 aromatic carbocycles. The lowest BCUT2D eigenvalue weighted by molar-refractivity contribution is 0.0996. The number of hydrogen-bond acceptors (Lipinski definition) is 4. The molecule has 0 unspecified atom stereocenters. The van der Waals surface area contributed by atoms with Crippen molar-refractivity contribution < 1.29 is 13.9 Å². The molecule has 23 heavy (non-hydrogen) atoms. The summed E-state index contributed by atoms with van der Waals surface area (Å²) < 4.78 is 11.1. The Labute approximate surface area is 133 Å². The molecular weight excluding hydrogens is 292 g/mol. The maximum Gasteiger partial charge on any atom is 0.254 e. The zero-order valence-corrected chi connectivity index (χ0v) is 12.7. The Hall–Kier alpha value is -3.08. The van der Waals surface area contributed by atoms with Gasteiger partial charge < -0.3 is 14.9 Å². The second-order valence-electron chi connectivity index (χ2n) is 5.01. The molecule has 0 fully saturated rings. The van der Waals surface area contributed by atoms with Gasteiger partial charge in [0.2, 0.25) is 5.55 Å². The summed E-state index contributed by atoms with van der Waals surface area (Å²) in [5.41, 5.74) is 7.46. The van der Waals surface area contributed by atoms with Gasteiger partial charge >= 0.3 is 0 Å². The summed E-state index contributed by atoms with van der Waals surface area (Å²) in [4.78, 5) is 16.1. The molecular formula is C18H16N2O3. The van der Waals surface area contributed by atoms with E-state index in [2.05, 4.69) is 4.99 Å².